The Bertz CT molecular complexity index is 459. The third-order valence-electron chi connectivity index (χ3n) is 4.11. The maximum Gasteiger partial charge on any atom is 0.0762 e. The highest BCUT2D eigenvalue weighted by Gasteiger charge is 2.31. The molecule has 1 aliphatic heterocycles. The average molecular weight is 327 g/mol. The standard InChI is InChI=1S/C15H23BrN2O/c1-11(19)12-5-6-14(13(16)9-12)18-8-7-17(4)15(2,3)10-18/h5-6,9,11,19H,7-8,10H2,1-4H3/t11-/m1/s1. The van der Waals surface area contributed by atoms with E-state index in [0.29, 0.717) is 0 Å². The number of rotatable bonds is 2. The molecule has 0 aromatic heterocycles. The Labute approximate surface area is 124 Å². The maximum atomic E-state index is 9.63. The zero-order chi connectivity index (χ0) is 14.2. The molecule has 4 heteroatoms. The minimum absolute atomic E-state index is 0.181. The van der Waals surface area contributed by atoms with Crippen LogP contribution >= 0.6 is 15.9 Å². The van der Waals surface area contributed by atoms with E-state index in [1.807, 2.05) is 12.1 Å². The van der Waals surface area contributed by atoms with Gasteiger partial charge in [-0.1, -0.05) is 6.07 Å². The number of benzene rings is 1. The van der Waals surface area contributed by atoms with E-state index in [1.165, 1.54) is 5.69 Å². The second kappa shape index (κ2) is 5.43. The topological polar surface area (TPSA) is 26.7 Å². The maximum absolute atomic E-state index is 9.63. The fourth-order valence-corrected chi connectivity index (χ4v) is 3.13. The van der Waals surface area contributed by atoms with Crippen molar-refractivity contribution in [1.82, 2.24) is 4.90 Å². The summed E-state index contributed by atoms with van der Waals surface area (Å²) in [6.45, 7) is 9.45. The van der Waals surface area contributed by atoms with Gasteiger partial charge >= 0.3 is 0 Å². The van der Waals surface area contributed by atoms with Gasteiger partial charge in [0.25, 0.3) is 0 Å². The highest BCUT2D eigenvalue weighted by molar-refractivity contribution is 9.10. The first kappa shape index (κ1) is 14.8. The number of piperazine rings is 1. The van der Waals surface area contributed by atoms with Crippen molar-refractivity contribution in [3.63, 3.8) is 0 Å². The van der Waals surface area contributed by atoms with Gasteiger partial charge in [0.1, 0.15) is 0 Å². The SMILES string of the molecule is C[C@@H](O)c1ccc(N2CCN(C)C(C)(C)C2)c(Br)c1. The first-order valence-corrected chi connectivity index (χ1v) is 7.54. The summed E-state index contributed by atoms with van der Waals surface area (Å²) in [6.07, 6.45) is -0.422. The lowest BCUT2D eigenvalue weighted by Gasteiger charge is -2.46. The summed E-state index contributed by atoms with van der Waals surface area (Å²) in [5.41, 5.74) is 2.34. The third-order valence-corrected chi connectivity index (χ3v) is 4.75. The van der Waals surface area contributed by atoms with Crippen LogP contribution in [-0.2, 0) is 0 Å². The van der Waals surface area contributed by atoms with Crippen molar-refractivity contribution in [3.8, 4) is 0 Å². The second-order valence-corrected chi connectivity index (χ2v) is 6.90. The highest BCUT2D eigenvalue weighted by atomic mass is 79.9. The smallest absolute Gasteiger partial charge is 0.0762 e. The molecular weight excluding hydrogens is 304 g/mol. The normalized spacial score (nSPS) is 21.5. The Balaban J connectivity index is 2.23. The molecule has 1 saturated heterocycles. The first-order valence-electron chi connectivity index (χ1n) is 6.75. The molecule has 1 aliphatic rings. The Morgan fingerprint density at radius 1 is 1.32 bits per heavy atom. The lowest BCUT2D eigenvalue weighted by atomic mass is 9.99. The van der Waals surface area contributed by atoms with Crippen LogP contribution in [0.25, 0.3) is 0 Å². The van der Waals surface area contributed by atoms with Crippen molar-refractivity contribution in [3.05, 3.63) is 28.2 Å². The molecule has 1 fully saturated rings. The molecule has 1 aromatic rings. The lowest BCUT2D eigenvalue weighted by Crippen LogP contribution is -2.57. The summed E-state index contributed by atoms with van der Waals surface area (Å²) >= 11 is 3.64. The molecule has 3 nitrogen and oxygen atoms in total. The predicted octanol–water partition coefficient (Wildman–Crippen LogP) is 3.03. The fourth-order valence-electron chi connectivity index (χ4n) is 2.49. The molecule has 1 N–H and O–H groups in total. The summed E-state index contributed by atoms with van der Waals surface area (Å²) in [5, 5.41) is 9.63. The monoisotopic (exact) mass is 326 g/mol. The summed E-state index contributed by atoms with van der Waals surface area (Å²) in [7, 11) is 2.18. The number of nitrogens with zero attached hydrogens (tertiary/aromatic N) is 2. The van der Waals surface area contributed by atoms with Gasteiger partial charge < -0.3 is 10.0 Å². The van der Waals surface area contributed by atoms with E-state index in [2.05, 4.69) is 52.7 Å². The van der Waals surface area contributed by atoms with Crippen LogP contribution in [0.2, 0.25) is 0 Å². The molecule has 0 bridgehead atoms. The minimum atomic E-state index is -0.422. The van der Waals surface area contributed by atoms with Gasteiger partial charge in [-0.3, -0.25) is 4.90 Å². The number of anilines is 1. The van der Waals surface area contributed by atoms with Crippen molar-refractivity contribution in [2.45, 2.75) is 32.4 Å². The Kier molecular flexibility index (Phi) is 4.23. The van der Waals surface area contributed by atoms with Crippen LogP contribution in [0.3, 0.4) is 0 Å². The molecule has 0 spiro atoms. The van der Waals surface area contributed by atoms with Crippen LogP contribution < -0.4 is 4.90 Å². The van der Waals surface area contributed by atoms with Gasteiger partial charge in [-0.05, 0) is 61.4 Å². The summed E-state index contributed by atoms with van der Waals surface area (Å²) in [6, 6.07) is 6.13. The van der Waals surface area contributed by atoms with E-state index >= 15 is 0 Å². The number of likely N-dealkylation sites (N-methyl/N-ethyl adjacent to an activating group) is 1. The predicted molar refractivity (Wildman–Crippen MR) is 83.7 cm³/mol. The summed E-state index contributed by atoms with van der Waals surface area (Å²) in [5.74, 6) is 0. The number of aliphatic hydroxyl groups is 1. The first-order chi connectivity index (χ1) is 8.81. The van der Waals surface area contributed by atoms with E-state index in [-0.39, 0.29) is 5.54 Å². The van der Waals surface area contributed by atoms with Crippen LogP contribution in [0.1, 0.15) is 32.4 Å². The van der Waals surface area contributed by atoms with E-state index < -0.39 is 6.10 Å². The van der Waals surface area contributed by atoms with E-state index in [1.54, 1.807) is 6.92 Å². The Hall–Kier alpha value is -0.580. The molecule has 19 heavy (non-hydrogen) atoms. The van der Waals surface area contributed by atoms with Gasteiger partial charge in [-0.15, -0.1) is 0 Å². The van der Waals surface area contributed by atoms with Crippen molar-refractivity contribution in [2.24, 2.45) is 0 Å². The molecule has 0 saturated carbocycles. The third kappa shape index (κ3) is 3.12. The van der Waals surface area contributed by atoms with Gasteiger partial charge in [0.15, 0.2) is 0 Å². The fraction of sp³-hybridized carbons (Fsp3) is 0.600. The second-order valence-electron chi connectivity index (χ2n) is 6.04. The van der Waals surface area contributed by atoms with Crippen LogP contribution in [-0.4, -0.2) is 42.2 Å². The molecule has 0 unspecified atom stereocenters. The Morgan fingerprint density at radius 3 is 2.53 bits per heavy atom. The summed E-state index contributed by atoms with van der Waals surface area (Å²) < 4.78 is 1.06. The largest absolute Gasteiger partial charge is 0.389 e. The zero-order valence-corrected chi connectivity index (χ0v) is 13.7. The van der Waals surface area contributed by atoms with Crippen LogP contribution in [0.15, 0.2) is 22.7 Å². The molecule has 1 atom stereocenters. The van der Waals surface area contributed by atoms with Gasteiger partial charge in [0.05, 0.1) is 11.8 Å². The van der Waals surface area contributed by atoms with Crippen molar-refractivity contribution >= 4 is 21.6 Å². The zero-order valence-electron chi connectivity index (χ0n) is 12.2. The van der Waals surface area contributed by atoms with Crippen molar-refractivity contribution in [2.75, 3.05) is 31.6 Å². The quantitative estimate of drug-likeness (QED) is 0.904. The molecule has 0 radical (unpaired) electrons. The molecule has 1 heterocycles. The van der Waals surface area contributed by atoms with Crippen molar-refractivity contribution in [1.29, 1.82) is 0 Å². The lowest BCUT2D eigenvalue weighted by molar-refractivity contribution is 0.139. The Morgan fingerprint density at radius 2 is 2.00 bits per heavy atom. The van der Waals surface area contributed by atoms with Gasteiger partial charge in [-0.25, -0.2) is 0 Å². The van der Waals surface area contributed by atoms with Crippen molar-refractivity contribution < 1.29 is 5.11 Å². The molecule has 106 valence electrons. The van der Waals surface area contributed by atoms with Gasteiger partial charge in [-0.2, -0.15) is 0 Å². The molecular formula is C15H23BrN2O. The van der Waals surface area contributed by atoms with Crippen LogP contribution in [0, 0.1) is 0 Å². The van der Waals surface area contributed by atoms with Crippen LogP contribution in [0.4, 0.5) is 5.69 Å². The minimum Gasteiger partial charge on any atom is -0.389 e. The molecule has 0 amide bonds. The highest BCUT2D eigenvalue weighted by Crippen LogP contribution is 2.32. The van der Waals surface area contributed by atoms with E-state index in [0.717, 1.165) is 29.7 Å². The summed E-state index contributed by atoms with van der Waals surface area (Å²) in [4.78, 5) is 4.82. The molecule has 2 rings (SSSR count). The van der Waals surface area contributed by atoms with Gasteiger partial charge in [0, 0.05) is 29.6 Å². The van der Waals surface area contributed by atoms with E-state index in [9.17, 15) is 5.11 Å². The van der Waals surface area contributed by atoms with E-state index in [4.69, 9.17) is 0 Å². The van der Waals surface area contributed by atoms with Gasteiger partial charge in [0.2, 0.25) is 0 Å². The number of hydrogen-bond acceptors (Lipinski definition) is 3. The van der Waals surface area contributed by atoms with Crippen LogP contribution in [0.5, 0.6) is 0 Å². The number of aliphatic hydroxyl groups excluding tert-OH is 1. The number of hydrogen-bond donors (Lipinski definition) is 1. The average Bonchev–Trinajstić information content (AvgIpc) is 2.32. The molecule has 1 aromatic carbocycles. The molecule has 0 aliphatic carbocycles. The number of halogens is 1.